The van der Waals surface area contributed by atoms with E-state index in [1.807, 2.05) is 0 Å². The third-order valence-electron chi connectivity index (χ3n) is 2.87. The Balaban J connectivity index is 3.09. The molecular formula is C13H12F6O. The van der Waals surface area contributed by atoms with Crippen molar-refractivity contribution < 1.29 is 31.4 Å². The van der Waals surface area contributed by atoms with E-state index in [1.54, 1.807) is 6.92 Å². The van der Waals surface area contributed by atoms with E-state index in [1.165, 1.54) is 24.3 Å². The molecule has 0 bridgehead atoms. The van der Waals surface area contributed by atoms with Crippen LogP contribution in [0.4, 0.5) is 26.3 Å². The number of aryl methyl sites for hydroxylation is 1. The Morgan fingerprint density at radius 3 is 1.75 bits per heavy atom. The molecule has 0 fully saturated rings. The summed E-state index contributed by atoms with van der Waals surface area (Å²) in [6, 6.07) is 5.76. The van der Waals surface area contributed by atoms with Crippen LogP contribution in [0.2, 0.25) is 0 Å². The van der Waals surface area contributed by atoms with Crippen LogP contribution in [0, 0.1) is 6.92 Å². The van der Waals surface area contributed by atoms with Crippen molar-refractivity contribution in [1.82, 2.24) is 0 Å². The highest BCUT2D eigenvalue weighted by Gasteiger charge is 2.70. The Morgan fingerprint density at radius 1 is 1.00 bits per heavy atom. The second-order valence-corrected chi connectivity index (χ2v) is 4.50. The largest absolute Gasteiger partial charge is 0.426 e. The van der Waals surface area contributed by atoms with Gasteiger partial charge in [-0.25, -0.2) is 0 Å². The van der Waals surface area contributed by atoms with Crippen molar-refractivity contribution in [2.24, 2.45) is 0 Å². The Labute approximate surface area is 111 Å². The molecule has 7 heteroatoms. The molecule has 1 aromatic carbocycles. The van der Waals surface area contributed by atoms with Gasteiger partial charge in [0.1, 0.15) is 0 Å². The van der Waals surface area contributed by atoms with Gasteiger partial charge in [-0.3, -0.25) is 0 Å². The standard InChI is InChI=1S/C13H12F6O/c1-8-3-5-10(6-4-8)9(2)7-11(20,12(14,15)16)13(17,18)19/h3-6,20H,2,7H2,1H3. The maximum absolute atomic E-state index is 12.5. The van der Waals surface area contributed by atoms with E-state index < -0.39 is 29.9 Å². The Hall–Kier alpha value is -1.50. The SMILES string of the molecule is C=C(CC(O)(C(F)(F)F)C(F)(F)F)c1ccc(C)cc1. The van der Waals surface area contributed by atoms with Crippen molar-refractivity contribution >= 4 is 5.57 Å². The van der Waals surface area contributed by atoms with Crippen LogP contribution < -0.4 is 0 Å². The lowest BCUT2D eigenvalue weighted by atomic mass is 9.90. The zero-order chi connectivity index (χ0) is 15.8. The van der Waals surface area contributed by atoms with Crippen LogP contribution in [-0.2, 0) is 0 Å². The molecule has 0 spiro atoms. The Bertz CT molecular complexity index is 469. The lowest BCUT2D eigenvalue weighted by Gasteiger charge is -2.33. The summed E-state index contributed by atoms with van der Waals surface area (Å²) in [6.07, 6.45) is -13.3. The van der Waals surface area contributed by atoms with Crippen LogP contribution in [0.5, 0.6) is 0 Å². The third kappa shape index (κ3) is 3.15. The fourth-order valence-corrected chi connectivity index (χ4v) is 1.56. The van der Waals surface area contributed by atoms with Gasteiger partial charge < -0.3 is 5.11 Å². The number of alkyl halides is 6. The zero-order valence-corrected chi connectivity index (χ0v) is 10.4. The molecule has 0 saturated heterocycles. The molecule has 0 aliphatic heterocycles. The molecule has 20 heavy (non-hydrogen) atoms. The molecule has 0 radical (unpaired) electrons. The maximum Gasteiger partial charge on any atom is 0.426 e. The quantitative estimate of drug-likeness (QED) is 0.827. The van der Waals surface area contributed by atoms with Gasteiger partial charge in [-0.1, -0.05) is 36.4 Å². The fourth-order valence-electron chi connectivity index (χ4n) is 1.56. The van der Waals surface area contributed by atoms with Gasteiger partial charge in [-0.15, -0.1) is 0 Å². The van der Waals surface area contributed by atoms with E-state index in [9.17, 15) is 26.3 Å². The van der Waals surface area contributed by atoms with Crippen LogP contribution in [0.15, 0.2) is 30.8 Å². The molecule has 1 N–H and O–H groups in total. The Morgan fingerprint density at radius 2 is 1.40 bits per heavy atom. The summed E-state index contributed by atoms with van der Waals surface area (Å²) in [7, 11) is 0. The Kier molecular flexibility index (Phi) is 4.24. The van der Waals surface area contributed by atoms with Gasteiger partial charge >= 0.3 is 12.4 Å². The number of hydrogen-bond acceptors (Lipinski definition) is 1. The average Bonchev–Trinajstić information content (AvgIpc) is 2.26. The molecule has 0 aliphatic rings. The van der Waals surface area contributed by atoms with Gasteiger partial charge in [0.15, 0.2) is 0 Å². The minimum Gasteiger partial charge on any atom is -0.373 e. The molecule has 0 atom stereocenters. The minimum atomic E-state index is -5.83. The van der Waals surface area contributed by atoms with Crippen LogP contribution in [0.1, 0.15) is 17.5 Å². The third-order valence-corrected chi connectivity index (χ3v) is 2.87. The fraction of sp³-hybridized carbons (Fsp3) is 0.385. The van der Waals surface area contributed by atoms with Crippen LogP contribution >= 0.6 is 0 Å². The van der Waals surface area contributed by atoms with Crippen molar-refractivity contribution in [2.75, 3.05) is 0 Å². The van der Waals surface area contributed by atoms with Crippen molar-refractivity contribution in [1.29, 1.82) is 0 Å². The van der Waals surface area contributed by atoms with Crippen LogP contribution in [0.3, 0.4) is 0 Å². The maximum atomic E-state index is 12.5. The molecule has 0 unspecified atom stereocenters. The number of aliphatic hydroxyl groups is 1. The van der Waals surface area contributed by atoms with E-state index in [0.717, 1.165) is 5.56 Å². The first-order chi connectivity index (χ1) is 8.88. The molecule has 112 valence electrons. The molecule has 1 rings (SSSR count). The summed E-state index contributed by atoms with van der Waals surface area (Å²) in [6.45, 7) is 4.92. The second-order valence-electron chi connectivity index (χ2n) is 4.50. The van der Waals surface area contributed by atoms with E-state index in [0.29, 0.717) is 0 Å². The first-order valence-corrected chi connectivity index (χ1v) is 5.49. The highest BCUT2D eigenvalue weighted by molar-refractivity contribution is 5.64. The first kappa shape index (κ1) is 16.6. The van der Waals surface area contributed by atoms with Crippen LogP contribution in [-0.4, -0.2) is 23.1 Å². The van der Waals surface area contributed by atoms with Crippen molar-refractivity contribution in [3.05, 3.63) is 42.0 Å². The second kappa shape index (κ2) is 5.12. The van der Waals surface area contributed by atoms with Crippen molar-refractivity contribution in [2.45, 2.75) is 31.3 Å². The first-order valence-electron chi connectivity index (χ1n) is 5.49. The summed E-state index contributed by atoms with van der Waals surface area (Å²) >= 11 is 0. The normalized spacial score (nSPS) is 13.4. The topological polar surface area (TPSA) is 20.2 Å². The van der Waals surface area contributed by atoms with Gasteiger partial charge in [0.05, 0.1) is 0 Å². The molecule has 0 amide bonds. The number of hydrogen-bond donors (Lipinski definition) is 1. The van der Waals surface area contributed by atoms with Gasteiger partial charge in [-0.2, -0.15) is 26.3 Å². The van der Waals surface area contributed by atoms with E-state index in [2.05, 4.69) is 6.58 Å². The number of halogens is 6. The molecule has 1 aromatic rings. The summed E-state index contributed by atoms with van der Waals surface area (Å²) in [5.74, 6) is 0. The summed E-state index contributed by atoms with van der Waals surface area (Å²) < 4.78 is 75.2. The lowest BCUT2D eigenvalue weighted by Crippen LogP contribution is -2.56. The van der Waals surface area contributed by atoms with Gasteiger partial charge in [0.2, 0.25) is 0 Å². The number of benzene rings is 1. The predicted octanol–water partition coefficient (Wildman–Crippen LogP) is 4.25. The van der Waals surface area contributed by atoms with Crippen LogP contribution in [0.25, 0.3) is 5.57 Å². The number of rotatable bonds is 3. The molecule has 0 heterocycles. The van der Waals surface area contributed by atoms with Gasteiger partial charge in [-0.05, 0) is 18.1 Å². The molecule has 0 saturated carbocycles. The summed E-state index contributed by atoms with van der Waals surface area (Å²) in [4.78, 5) is 0. The van der Waals surface area contributed by atoms with Gasteiger partial charge in [0, 0.05) is 6.42 Å². The zero-order valence-electron chi connectivity index (χ0n) is 10.4. The molecule has 0 aromatic heterocycles. The van der Waals surface area contributed by atoms with E-state index >= 15 is 0 Å². The van der Waals surface area contributed by atoms with Crippen molar-refractivity contribution in [3.8, 4) is 0 Å². The highest BCUT2D eigenvalue weighted by Crippen LogP contribution is 2.47. The van der Waals surface area contributed by atoms with Crippen molar-refractivity contribution in [3.63, 3.8) is 0 Å². The summed E-state index contributed by atoms with van der Waals surface area (Å²) in [5, 5.41) is 9.06. The minimum absolute atomic E-state index is 0.113. The highest BCUT2D eigenvalue weighted by atomic mass is 19.4. The predicted molar refractivity (Wildman–Crippen MR) is 61.9 cm³/mol. The molecular weight excluding hydrogens is 286 g/mol. The van der Waals surface area contributed by atoms with Gasteiger partial charge in [0.25, 0.3) is 5.60 Å². The average molecular weight is 298 g/mol. The smallest absolute Gasteiger partial charge is 0.373 e. The monoisotopic (exact) mass is 298 g/mol. The molecule has 1 nitrogen and oxygen atoms in total. The lowest BCUT2D eigenvalue weighted by molar-refractivity contribution is -0.365. The molecule has 0 aliphatic carbocycles. The van der Waals surface area contributed by atoms with E-state index in [4.69, 9.17) is 5.11 Å². The van der Waals surface area contributed by atoms with E-state index in [-0.39, 0.29) is 5.56 Å². The summed E-state index contributed by atoms with van der Waals surface area (Å²) in [5.41, 5.74) is -4.34.